The molecule has 2 heterocycles. The number of piperidine rings is 1. The van der Waals surface area contributed by atoms with Gasteiger partial charge in [-0.05, 0) is 32.9 Å². The standard InChI is InChI=1S/C9H13N3O/c1-7-10-9(13-11-7)8-3-5-12(2)6-4-8/h2,8H,3-6H2,1H3. The highest BCUT2D eigenvalue weighted by Crippen LogP contribution is 2.25. The molecule has 2 rings (SSSR count). The second-order valence-electron chi connectivity index (χ2n) is 3.49. The number of hydrogen-bond acceptors (Lipinski definition) is 4. The van der Waals surface area contributed by atoms with E-state index in [1.54, 1.807) is 0 Å². The van der Waals surface area contributed by atoms with Crippen molar-refractivity contribution in [2.45, 2.75) is 25.7 Å². The summed E-state index contributed by atoms with van der Waals surface area (Å²) in [5.74, 6) is 1.89. The fourth-order valence-corrected chi connectivity index (χ4v) is 1.63. The van der Waals surface area contributed by atoms with Crippen molar-refractivity contribution >= 4 is 0 Å². The van der Waals surface area contributed by atoms with Crippen molar-refractivity contribution in [1.82, 2.24) is 15.0 Å². The average molecular weight is 179 g/mol. The molecule has 0 aromatic carbocycles. The van der Waals surface area contributed by atoms with Crippen LogP contribution in [0.15, 0.2) is 4.52 Å². The van der Waals surface area contributed by atoms with Crippen molar-refractivity contribution in [3.05, 3.63) is 18.8 Å². The van der Waals surface area contributed by atoms with Gasteiger partial charge in [0.2, 0.25) is 5.89 Å². The molecule has 0 aliphatic carbocycles. The van der Waals surface area contributed by atoms with E-state index in [1.165, 1.54) is 0 Å². The molecule has 0 bridgehead atoms. The molecular formula is C9H13N3O. The summed E-state index contributed by atoms with van der Waals surface area (Å²) >= 11 is 0. The first kappa shape index (κ1) is 8.69. The lowest BCUT2D eigenvalue weighted by atomic mass is 9.97. The number of hydrogen-bond donors (Lipinski definition) is 0. The lowest BCUT2D eigenvalue weighted by Crippen LogP contribution is -2.27. The van der Waals surface area contributed by atoms with Crippen LogP contribution >= 0.6 is 0 Å². The summed E-state index contributed by atoms with van der Waals surface area (Å²) < 4.78 is 5.12. The van der Waals surface area contributed by atoms with Gasteiger partial charge in [-0.25, -0.2) is 0 Å². The van der Waals surface area contributed by atoms with Crippen LogP contribution in [0.3, 0.4) is 0 Å². The molecule has 70 valence electrons. The van der Waals surface area contributed by atoms with E-state index >= 15 is 0 Å². The third-order valence-corrected chi connectivity index (χ3v) is 2.42. The Balaban J connectivity index is 2.02. The summed E-state index contributed by atoms with van der Waals surface area (Å²) in [5.41, 5.74) is 0. The third-order valence-electron chi connectivity index (χ3n) is 2.42. The van der Waals surface area contributed by atoms with Crippen LogP contribution in [0.2, 0.25) is 0 Å². The Bertz CT molecular complexity index is 276. The molecule has 13 heavy (non-hydrogen) atoms. The first-order valence-corrected chi connectivity index (χ1v) is 4.55. The normalized spacial score (nSPS) is 20.8. The molecule has 0 amide bonds. The Hall–Kier alpha value is -0.900. The summed E-state index contributed by atoms with van der Waals surface area (Å²) in [6.45, 7) is 3.66. The van der Waals surface area contributed by atoms with Crippen molar-refractivity contribution < 1.29 is 4.52 Å². The molecule has 0 atom stereocenters. The van der Waals surface area contributed by atoms with Crippen LogP contribution in [0.5, 0.6) is 0 Å². The second kappa shape index (κ2) is 3.46. The molecule has 0 unspecified atom stereocenters. The Morgan fingerprint density at radius 3 is 2.69 bits per heavy atom. The largest absolute Gasteiger partial charge is 0.339 e. The minimum Gasteiger partial charge on any atom is -0.339 e. The minimum atomic E-state index is 0.404. The zero-order valence-corrected chi connectivity index (χ0v) is 7.73. The van der Waals surface area contributed by atoms with E-state index in [-0.39, 0.29) is 0 Å². The summed E-state index contributed by atoms with van der Waals surface area (Å²) in [4.78, 5) is 6.06. The molecule has 0 saturated carbocycles. The van der Waals surface area contributed by atoms with Crippen molar-refractivity contribution in [3.8, 4) is 0 Å². The highest BCUT2D eigenvalue weighted by atomic mass is 16.5. The van der Waals surface area contributed by atoms with Crippen molar-refractivity contribution in [3.63, 3.8) is 0 Å². The smallest absolute Gasteiger partial charge is 0.229 e. The maximum absolute atomic E-state index is 5.65. The molecule has 0 N–H and O–H groups in total. The van der Waals surface area contributed by atoms with Crippen LogP contribution in [0.25, 0.3) is 0 Å². The molecular weight excluding hydrogens is 166 g/mol. The van der Waals surface area contributed by atoms with E-state index in [4.69, 9.17) is 11.6 Å². The van der Waals surface area contributed by atoms with Crippen molar-refractivity contribution in [2.24, 2.45) is 0 Å². The number of aryl methyl sites for hydroxylation is 1. The number of nitrogens with zero attached hydrogens (tertiary/aromatic N) is 3. The zero-order chi connectivity index (χ0) is 9.26. The van der Waals surface area contributed by atoms with Gasteiger partial charge in [0.15, 0.2) is 5.82 Å². The van der Waals surface area contributed by atoms with Gasteiger partial charge in [-0.3, -0.25) is 4.90 Å². The maximum atomic E-state index is 5.65. The maximum Gasteiger partial charge on any atom is 0.229 e. The van der Waals surface area contributed by atoms with Crippen LogP contribution < -0.4 is 0 Å². The van der Waals surface area contributed by atoms with Crippen LogP contribution in [-0.2, 0) is 0 Å². The van der Waals surface area contributed by atoms with Gasteiger partial charge in [-0.2, -0.15) is 4.98 Å². The molecule has 1 fully saturated rings. The first-order valence-electron chi connectivity index (χ1n) is 4.55. The molecule has 0 spiro atoms. The number of rotatable bonds is 1. The van der Waals surface area contributed by atoms with Gasteiger partial charge >= 0.3 is 0 Å². The summed E-state index contributed by atoms with van der Waals surface area (Å²) in [7, 11) is 5.65. The van der Waals surface area contributed by atoms with Gasteiger partial charge in [0.1, 0.15) is 0 Å². The van der Waals surface area contributed by atoms with Gasteiger partial charge < -0.3 is 4.52 Å². The van der Waals surface area contributed by atoms with Gasteiger partial charge in [0.05, 0.1) is 0 Å². The Morgan fingerprint density at radius 2 is 2.15 bits per heavy atom. The summed E-state index contributed by atoms with van der Waals surface area (Å²) in [6.07, 6.45) is 2.02. The van der Waals surface area contributed by atoms with Crippen LogP contribution in [0.4, 0.5) is 0 Å². The Kier molecular flexibility index (Phi) is 2.31. The SMILES string of the molecule is [CH]N1CCC(c2nc(C)no2)CC1. The van der Waals surface area contributed by atoms with E-state index in [2.05, 4.69) is 10.1 Å². The topological polar surface area (TPSA) is 42.2 Å². The van der Waals surface area contributed by atoms with Crippen molar-refractivity contribution in [2.75, 3.05) is 13.1 Å². The van der Waals surface area contributed by atoms with Gasteiger partial charge in [-0.1, -0.05) is 5.16 Å². The Morgan fingerprint density at radius 1 is 1.46 bits per heavy atom. The molecule has 1 saturated heterocycles. The first-order chi connectivity index (χ1) is 6.25. The van der Waals surface area contributed by atoms with Gasteiger partial charge in [-0.15, -0.1) is 0 Å². The fourth-order valence-electron chi connectivity index (χ4n) is 1.63. The second-order valence-corrected chi connectivity index (χ2v) is 3.49. The van der Waals surface area contributed by atoms with E-state index in [9.17, 15) is 0 Å². The molecule has 1 aromatic heterocycles. The average Bonchev–Trinajstić information content (AvgIpc) is 2.53. The lowest BCUT2D eigenvalue weighted by molar-refractivity contribution is 0.244. The molecule has 1 aliphatic rings. The molecule has 4 heteroatoms. The quantitative estimate of drug-likeness (QED) is 0.650. The van der Waals surface area contributed by atoms with Gasteiger partial charge in [0, 0.05) is 13.0 Å². The predicted octanol–water partition coefficient (Wildman–Crippen LogP) is 1.23. The number of aromatic nitrogens is 2. The summed E-state index contributed by atoms with van der Waals surface area (Å²) in [5, 5.41) is 3.78. The molecule has 2 radical (unpaired) electrons. The molecule has 1 aromatic rings. The van der Waals surface area contributed by atoms with Crippen molar-refractivity contribution in [1.29, 1.82) is 0 Å². The predicted molar refractivity (Wildman–Crippen MR) is 46.9 cm³/mol. The molecule has 4 nitrogen and oxygen atoms in total. The van der Waals surface area contributed by atoms with E-state index in [1.807, 2.05) is 11.8 Å². The lowest BCUT2D eigenvalue weighted by Gasteiger charge is -2.25. The fraction of sp³-hybridized carbons (Fsp3) is 0.667. The third kappa shape index (κ3) is 1.88. The monoisotopic (exact) mass is 179 g/mol. The number of likely N-dealkylation sites (tertiary alicyclic amines) is 1. The van der Waals surface area contributed by atoms with E-state index in [0.717, 1.165) is 31.8 Å². The van der Waals surface area contributed by atoms with Crippen LogP contribution in [0.1, 0.15) is 30.5 Å². The van der Waals surface area contributed by atoms with E-state index < -0.39 is 0 Å². The minimum absolute atomic E-state index is 0.404. The van der Waals surface area contributed by atoms with Gasteiger partial charge in [0.25, 0.3) is 0 Å². The zero-order valence-electron chi connectivity index (χ0n) is 7.73. The molecule has 1 aliphatic heterocycles. The van der Waals surface area contributed by atoms with Crippen LogP contribution in [0, 0.1) is 14.0 Å². The van der Waals surface area contributed by atoms with E-state index in [0.29, 0.717) is 11.7 Å². The van der Waals surface area contributed by atoms with Crippen LogP contribution in [-0.4, -0.2) is 28.1 Å². The Labute approximate surface area is 77.9 Å². The highest BCUT2D eigenvalue weighted by molar-refractivity contribution is 4.95. The highest BCUT2D eigenvalue weighted by Gasteiger charge is 2.22. The summed E-state index contributed by atoms with van der Waals surface area (Å²) in [6, 6.07) is 0.